The number of hydrogen-bond donors (Lipinski definition) is 1. The van der Waals surface area contributed by atoms with E-state index >= 15 is 0 Å². The van der Waals surface area contributed by atoms with Crippen LogP contribution in [0.15, 0.2) is 36.7 Å². The molecule has 0 atom stereocenters. The average Bonchev–Trinajstić information content (AvgIpc) is 2.77. The van der Waals surface area contributed by atoms with E-state index < -0.39 is 0 Å². The summed E-state index contributed by atoms with van der Waals surface area (Å²) in [5, 5.41) is 7.58. The quantitative estimate of drug-likeness (QED) is 0.790. The molecule has 1 aromatic heterocycles. The minimum atomic E-state index is 0.855. The lowest BCUT2D eigenvalue weighted by Gasteiger charge is -2.02. The van der Waals surface area contributed by atoms with E-state index in [0.717, 1.165) is 25.9 Å². The van der Waals surface area contributed by atoms with Crippen molar-refractivity contribution < 1.29 is 0 Å². The summed E-state index contributed by atoms with van der Waals surface area (Å²) >= 11 is 0. The highest BCUT2D eigenvalue weighted by Gasteiger charge is 2.00. The number of rotatable bonds is 6. The van der Waals surface area contributed by atoms with Gasteiger partial charge >= 0.3 is 0 Å². The first-order chi connectivity index (χ1) is 8.78. The molecule has 0 radical (unpaired) electrons. The van der Waals surface area contributed by atoms with Crippen LogP contribution in [0, 0.1) is 6.92 Å². The van der Waals surface area contributed by atoms with Crippen molar-refractivity contribution in [3.05, 3.63) is 53.3 Å². The van der Waals surface area contributed by atoms with Crippen molar-refractivity contribution in [2.45, 2.75) is 26.3 Å². The molecule has 1 aromatic carbocycles. The number of aryl methyl sites for hydroxylation is 2. The molecule has 2 rings (SSSR count). The third-order valence-corrected chi connectivity index (χ3v) is 3.01. The summed E-state index contributed by atoms with van der Waals surface area (Å²) in [5.74, 6) is 0. The van der Waals surface area contributed by atoms with E-state index in [1.807, 2.05) is 17.9 Å². The zero-order chi connectivity index (χ0) is 12.8. The van der Waals surface area contributed by atoms with Gasteiger partial charge in [-0.25, -0.2) is 0 Å². The van der Waals surface area contributed by atoms with E-state index in [1.165, 1.54) is 16.7 Å². The van der Waals surface area contributed by atoms with E-state index in [-0.39, 0.29) is 0 Å². The van der Waals surface area contributed by atoms with E-state index in [4.69, 9.17) is 0 Å². The van der Waals surface area contributed by atoms with E-state index in [0.29, 0.717) is 0 Å². The normalized spacial score (nSPS) is 10.8. The average molecular weight is 243 g/mol. The molecule has 0 saturated carbocycles. The Balaban J connectivity index is 1.94. The summed E-state index contributed by atoms with van der Waals surface area (Å²) in [6.07, 6.45) is 6.38. The molecule has 96 valence electrons. The summed E-state index contributed by atoms with van der Waals surface area (Å²) in [5.41, 5.74) is 3.92. The van der Waals surface area contributed by atoms with Crippen LogP contribution in [0.2, 0.25) is 0 Å². The Hall–Kier alpha value is -1.61. The molecule has 2 aromatic rings. The van der Waals surface area contributed by atoms with Gasteiger partial charge in [0, 0.05) is 6.20 Å². The maximum absolute atomic E-state index is 4.42. The Morgan fingerprint density at radius 3 is 2.94 bits per heavy atom. The lowest BCUT2D eigenvalue weighted by Crippen LogP contribution is -2.08. The topological polar surface area (TPSA) is 29.9 Å². The highest BCUT2D eigenvalue weighted by Crippen LogP contribution is 2.07. The second-order valence-electron chi connectivity index (χ2n) is 4.74. The van der Waals surface area contributed by atoms with Gasteiger partial charge in [0.25, 0.3) is 0 Å². The van der Waals surface area contributed by atoms with Gasteiger partial charge in [-0.05, 0) is 44.5 Å². The molecule has 1 heterocycles. The van der Waals surface area contributed by atoms with Crippen LogP contribution in [-0.4, -0.2) is 23.4 Å². The van der Waals surface area contributed by atoms with Gasteiger partial charge in [-0.1, -0.05) is 29.8 Å². The standard InChI is InChI=1S/C15H21N3/c1-13-5-3-6-14(9-13)11-18-12-15(10-17-18)7-4-8-16-2/h3,5-6,9-10,12,16H,4,7-8,11H2,1-2H3. The Bertz CT molecular complexity index is 488. The van der Waals surface area contributed by atoms with Gasteiger partial charge in [0.15, 0.2) is 0 Å². The molecule has 0 fully saturated rings. The fourth-order valence-electron chi connectivity index (χ4n) is 2.09. The van der Waals surface area contributed by atoms with Crippen molar-refractivity contribution in [2.24, 2.45) is 0 Å². The molecule has 3 nitrogen and oxygen atoms in total. The van der Waals surface area contributed by atoms with Crippen molar-refractivity contribution in [3.63, 3.8) is 0 Å². The Kier molecular flexibility index (Phi) is 4.53. The van der Waals surface area contributed by atoms with Crippen molar-refractivity contribution in [3.8, 4) is 0 Å². The second-order valence-corrected chi connectivity index (χ2v) is 4.74. The molecule has 0 aliphatic heterocycles. The van der Waals surface area contributed by atoms with Gasteiger partial charge in [-0.3, -0.25) is 4.68 Å². The maximum atomic E-state index is 4.42. The van der Waals surface area contributed by atoms with Gasteiger partial charge < -0.3 is 5.32 Å². The molecular weight excluding hydrogens is 222 g/mol. The maximum Gasteiger partial charge on any atom is 0.0659 e. The van der Waals surface area contributed by atoms with Crippen LogP contribution in [0.4, 0.5) is 0 Å². The lowest BCUT2D eigenvalue weighted by molar-refractivity contribution is 0.684. The summed E-state index contributed by atoms with van der Waals surface area (Å²) < 4.78 is 2.02. The zero-order valence-corrected chi connectivity index (χ0v) is 11.2. The molecule has 0 bridgehead atoms. The fraction of sp³-hybridized carbons (Fsp3) is 0.400. The smallest absolute Gasteiger partial charge is 0.0659 e. The molecule has 0 unspecified atom stereocenters. The van der Waals surface area contributed by atoms with Crippen molar-refractivity contribution in [1.82, 2.24) is 15.1 Å². The van der Waals surface area contributed by atoms with Crippen LogP contribution in [-0.2, 0) is 13.0 Å². The van der Waals surface area contributed by atoms with Crippen molar-refractivity contribution >= 4 is 0 Å². The first-order valence-corrected chi connectivity index (χ1v) is 6.49. The van der Waals surface area contributed by atoms with Crippen LogP contribution in [0.25, 0.3) is 0 Å². The first-order valence-electron chi connectivity index (χ1n) is 6.49. The monoisotopic (exact) mass is 243 g/mol. The van der Waals surface area contributed by atoms with Crippen LogP contribution in [0.5, 0.6) is 0 Å². The predicted octanol–water partition coefficient (Wildman–Crippen LogP) is 2.39. The Morgan fingerprint density at radius 1 is 1.28 bits per heavy atom. The van der Waals surface area contributed by atoms with Gasteiger partial charge in [-0.15, -0.1) is 0 Å². The number of nitrogens with one attached hydrogen (secondary N) is 1. The summed E-state index contributed by atoms with van der Waals surface area (Å²) in [6, 6.07) is 8.58. The number of aromatic nitrogens is 2. The van der Waals surface area contributed by atoms with Gasteiger partial charge in [0.05, 0.1) is 12.7 Å². The summed E-state index contributed by atoms with van der Waals surface area (Å²) in [6.45, 7) is 4.03. The van der Waals surface area contributed by atoms with Crippen LogP contribution >= 0.6 is 0 Å². The number of hydrogen-bond acceptors (Lipinski definition) is 2. The first kappa shape index (κ1) is 12.8. The third-order valence-electron chi connectivity index (χ3n) is 3.01. The molecule has 18 heavy (non-hydrogen) atoms. The Labute approximate surface area is 109 Å². The van der Waals surface area contributed by atoms with E-state index in [1.54, 1.807) is 0 Å². The zero-order valence-electron chi connectivity index (χ0n) is 11.2. The molecule has 1 N–H and O–H groups in total. The van der Waals surface area contributed by atoms with Gasteiger partial charge in [0.1, 0.15) is 0 Å². The van der Waals surface area contributed by atoms with Crippen molar-refractivity contribution in [2.75, 3.05) is 13.6 Å². The molecule has 0 aliphatic rings. The fourth-order valence-corrected chi connectivity index (χ4v) is 2.09. The molecule has 0 saturated heterocycles. The largest absolute Gasteiger partial charge is 0.320 e. The van der Waals surface area contributed by atoms with Crippen LogP contribution < -0.4 is 5.32 Å². The van der Waals surface area contributed by atoms with Crippen LogP contribution in [0.3, 0.4) is 0 Å². The second kappa shape index (κ2) is 6.36. The summed E-state index contributed by atoms with van der Waals surface area (Å²) in [7, 11) is 1.99. The number of benzene rings is 1. The minimum absolute atomic E-state index is 0.855. The Morgan fingerprint density at radius 2 is 2.17 bits per heavy atom. The predicted molar refractivity (Wildman–Crippen MR) is 74.8 cm³/mol. The highest BCUT2D eigenvalue weighted by molar-refractivity contribution is 5.22. The van der Waals surface area contributed by atoms with Gasteiger partial charge in [0.2, 0.25) is 0 Å². The third kappa shape index (κ3) is 3.70. The number of nitrogens with zero attached hydrogens (tertiary/aromatic N) is 2. The van der Waals surface area contributed by atoms with E-state index in [2.05, 4.69) is 47.8 Å². The SMILES string of the molecule is CNCCCc1cnn(Cc2cccc(C)c2)c1. The molecule has 3 heteroatoms. The summed E-state index contributed by atoms with van der Waals surface area (Å²) in [4.78, 5) is 0. The molecule has 0 amide bonds. The minimum Gasteiger partial charge on any atom is -0.320 e. The molecular formula is C15H21N3. The lowest BCUT2D eigenvalue weighted by atomic mass is 10.1. The highest BCUT2D eigenvalue weighted by atomic mass is 15.3. The molecule has 0 aliphatic carbocycles. The van der Waals surface area contributed by atoms with Crippen molar-refractivity contribution in [1.29, 1.82) is 0 Å². The van der Waals surface area contributed by atoms with E-state index in [9.17, 15) is 0 Å². The molecule has 0 spiro atoms. The van der Waals surface area contributed by atoms with Gasteiger partial charge in [-0.2, -0.15) is 5.10 Å². The van der Waals surface area contributed by atoms with Crippen LogP contribution in [0.1, 0.15) is 23.1 Å².